The summed E-state index contributed by atoms with van der Waals surface area (Å²) in [6, 6.07) is 18.7. The Labute approximate surface area is 151 Å². The summed E-state index contributed by atoms with van der Waals surface area (Å²) in [6.45, 7) is 0.289. The minimum absolute atomic E-state index is 0.0441. The zero-order chi connectivity index (χ0) is 18.4. The van der Waals surface area contributed by atoms with Gasteiger partial charge in [0.25, 0.3) is 0 Å². The molecule has 3 rings (SSSR count). The van der Waals surface area contributed by atoms with Crippen molar-refractivity contribution in [1.82, 2.24) is 4.98 Å². The lowest BCUT2D eigenvalue weighted by Crippen LogP contribution is -1.99. The van der Waals surface area contributed by atoms with Crippen molar-refractivity contribution in [2.45, 2.75) is 6.61 Å². The van der Waals surface area contributed by atoms with Crippen molar-refractivity contribution in [3.8, 4) is 23.6 Å². The average molecular weight is 341 g/mol. The minimum Gasteiger partial charge on any atom is -0.496 e. The molecule has 3 aromatic rings. The topological polar surface area (TPSA) is 78.9 Å². The van der Waals surface area contributed by atoms with E-state index in [9.17, 15) is 0 Å². The molecule has 0 atom stereocenters. The van der Waals surface area contributed by atoms with Crippen LogP contribution in [0.15, 0.2) is 60.3 Å². The van der Waals surface area contributed by atoms with Gasteiger partial charge in [-0.15, -0.1) is 0 Å². The van der Waals surface area contributed by atoms with E-state index in [1.54, 1.807) is 25.4 Å². The van der Waals surface area contributed by atoms with Crippen molar-refractivity contribution in [1.29, 1.82) is 10.5 Å². The second-order valence-corrected chi connectivity index (χ2v) is 5.50. The first-order chi connectivity index (χ1) is 12.7. The molecular formula is C21H15N3O2. The van der Waals surface area contributed by atoms with Gasteiger partial charge in [-0.2, -0.15) is 10.5 Å². The third-order valence-electron chi connectivity index (χ3n) is 3.83. The number of nitrogens with zero attached hydrogens (tertiary/aromatic N) is 3. The van der Waals surface area contributed by atoms with Gasteiger partial charge in [0.2, 0.25) is 0 Å². The molecule has 0 bridgehead atoms. The molecule has 5 nitrogen and oxygen atoms in total. The molecule has 5 heteroatoms. The number of rotatable bonds is 5. The number of hydrogen-bond donors (Lipinski definition) is 0. The van der Waals surface area contributed by atoms with Crippen LogP contribution in [-0.2, 0) is 6.61 Å². The fourth-order valence-corrected chi connectivity index (χ4v) is 2.55. The quantitative estimate of drug-likeness (QED) is 0.648. The number of allylic oxidation sites excluding steroid dienone is 1. The van der Waals surface area contributed by atoms with Crippen LogP contribution in [0.2, 0.25) is 0 Å². The van der Waals surface area contributed by atoms with Gasteiger partial charge in [0.05, 0.1) is 12.6 Å². The van der Waals surface area contributed by atoms with Crippen LogP contribution in [0.4, 0.5) is 0 Å². The van der Waals surface area contributed by atoms with Gasteiger partial charge >= 0.3 is 0 Å². The second kappa shape index (κ2) is 7.83. The van der Waals surface area contributed by atoms with Crippen LogP contribution in [0.3, 0.4) is 0 Å². The summed E-state index contributed by atoms with van der Waals surface area (Å²) >= 11 is 0. The van der Waals surface area contributed by atoms with E-state index in [4.69, 9.17) is 20.0 Å². The molecule has 1 heterocycles. The van der Waals surface area contributed by atoms with Crippen LogP contribution in [-0.4, -0.2) is 12.1 Å². The summed E-state index contributed by atoms with van der Waals surface area (Å²) in [5, 5.41) is 18.8. The van der Waals surface area contributed by atoms with E-state index in [2.05, 4.69) is 4.98 Å². The summed E-state index contributed by atoms with van der Waals surface area (Å²) in [6.07, 6.45) is 3.27. The normalized spacial score (nSPS) is 9.81. The first kappa shape index (κ1) is 17.0. The molecule has 0 amide bonds. The lowest BCUT2D eigenvalue weighted by Gasteiger charge is -2.11. The Balaban J connectivity index is 1.84. The third kappa shape index (κ3) is 3.80. The van der Waals surface area contributed by atoms with E-state index in [-0.39, 0.29) is 12.2 Å². The fourth-order valence-electron chi connectivity index (χ4n) is 2.55. The Kier molecular flexibility index (Phi) is 5.12. The molecule has 0 radical (unpaired) electrons. The average Bonchev–Trinajstić information content (AvgIpc) is 2.70. The van der Waals surface area contributed by atoms with Gasteiger partial charge in [0.15, 0.2) is 0 Å². The summed E-state index contributed by atoms with van der Waals surface area (Å²) < 4.78 is 11.3. The molecule has 126 valence electrons. The number of fused-ring (bicyclic) bond motifs is 1. The maximum absolute atomic E-state index is 8.90. The summed E-state index contributed by atoms with van der Waals surface area (Å²) in [5.74, 6) is 1.38. The first-order valence-electron chi connectivity index (χ1n) is 7.90. The number of hydrogen-bond acceptors (Lipinski definition) is 5. The molecule has 0 spiro atoms. The highest BCUT2D eigenvalue weighted by molar-refractivity contribution is 5.79. The van der Waals surface area contributed by atoms with Gasteiger partial charge in [0, 0.05) is 23.2 Å². The van der Waals surface area contributed by atoms with Crippen LogP contribution in [0.1, 0.15) is 11.1 Å². The largest absolute Gasteiger partial charge is 0.496 e. The molecule has 0 unspecified atom stereocenters. The third-order valence-corrected chi connectivity index (χ3v) is 3.83. The van der Waals surface area contributed by atoms with E-state index in [1.807, 2.05) is 48.5 Å². The lowest BCUT2D eigenvalue weighted by molar-refractivity contribution is 0.297. The second-order valence-electron chi connectivity index (χ2n) is 5.50. The molecular weight excluding hydrogens is 326 g/mol. The van der Waals surface area contributed by atoms with E-state index in [0.29, 0.717) is 11.5 Å². The molecule has 0 aliphatic heterocycles. The molecule has 0 aliphatic carbocycles. The number of benzene rings is 2. The zero-order valence-electron chi connectivity index (χ0n) is 14.1. The van der Waals surface area contributed by atoms with Crippen LogP contribution >= 0.6 is 0 Å². The Hall–Kier alpha value is -3.83. The Morgan fingerprint density at radius 2 is 1.96 bits per heavy atom. The van der Waals surface area contributed by atoms with Crippen molar-refractivity contribution in [3.05, 3.63) is 71.4 Å². The summed E-state index contributed by atoms with van der Waals surface area (Å²) in [5.41, 5.74) is 2.46. The number of methoxy groups -OCH3 is 1. The highest BCUT2D eigenvalue weighted by Gasteiger charge is 2.07. The Bertz CT molecular complexity index is 1040. The molecule has 2 aromatic carbocycles. The monoisotopic (exact) mass is 341 g/mol. The predicted octanol–water partition coefficient (Wildman–Crippen LogP) is 4.25. The summed E-state index contributed by atoms with van der Waals surface area (Å²) in [4.78, 5) is 4.32. The fraction of sp³-hybridized carbons (Fsp3) is 0.0952. The van der Waals surface area contributed by atoms with Crippen LogP contribution < -0.4 is 9.47 Å². The highest BCUT2D eigenvalue weighted by atomic mass is 16.5. The predicted molar refractivity (Wildman–Crippen MR) is 98.3 cm³/mol. The van der Waals surface area contributed by atoms with E-state index >= 15 is 0 Å². The van der Waals surface area contributed by atoms with Gasteiger partial charge in [-0.1, -0.05) is 12.1 Å². The lowest BCUT2D eigenvalue weighted by atomic mass is 10.1. The zero-order valence-corrected chi connectivity index (χ0v) is 14.1. The van der Waals surface area contributed by atoms with Crippen LogP contribution in [0.25, 0.3) is 17.0 Å². The Morgan fingerprint density at radius 1 is 1.12 bits per heavy atom. The molecule has 1 aromatic heterocycles. The highest BCUT2D eigenvalue weighted by Crippen LogP contribution is 2.25. The number of ether oxygens (including phenoxy) is 2. The van der Waals surface area contributed by atoms with E-state index < -0.39 is 0 Å². The van der Waals surface area contributed by atoms with Crippen molar-refractivity contribution in [3.63, 3.8) is 0 Å². The maximum Gasteiger partial charge on any atom is 0.130 e. The summed E-state index contributed by atoms with van der Waals surface area (Å²) in [7, 11) is 1.59. The molecule has 0 aliphatic rings. The maximum atomic E-state index is 8.90. The molecule has 0 saturated carbocycles. The number of nitriles is 2. The smallest absolute Gasteiger partial charge is 0.130 e. The molecule has 0 saturated heterocycles. The van der Waals surface area contributed by atoms with Crippen molar-refractivity contribution in [2.24, 2.45) is 0 Å². The molecule has 0 N–H and O–H groups in total. The van der Waals surface area contributed by atoms with Gasteiger partial charge in [-0.25, -0.2) is 0 Å². The molecule has 26 heavy (non-hydrogen) atoms. The van der Waals surface area contributed by atoms with E-state index in [0.717, 1.165) is 22.0 Å². The van der Waals surface area contributed by atoms with Crippen molar-refractivity contribution < 1.29 is 9.47 Å². The van der Waals surface area contributed by atoms with Crippen molar-refractivity contribution in [2.75, 3.05) is 7.11 Å². The Morgan fingerprint density at radius 3 is 2.73 bits per heavy atom. The van der Waals surface area contributed by atoms with Crippen LogP contribution in [0.5, 0.6) is 11.5 Å². The van der Waals surface area contributed by atoms with Gasteiger partial charge in [0.1, 0.15) is 35.8 Å². The van der Waals surface area contributed by atoms with Gasteiger partial charge in [-0.3, -0.25) is 4.98 Å². The number of pyridine rings is 1. The SMILES string of the molecule is COc1ccc(C=C(C#N)C#N)cc1COc1ccc2cccnc2c1. The van der Waals surface area contributed by atoms with Crippen LogP contribution in [0, 0.1) is 22.7 Å². The van der Waals surface area contributed by atoms with Gasteiger partial charge in [-0.05, 0) is 42.0 Å². The van der Waals surface area contributed by atoms with Gasteiger partial charge < -0.3 is 9.47 Å². The first-order valence-corrected chi connectivity index (χ1v) is 7.90. The molecule has 0 fully saturated rings. The standard InChI is InChI=1S/C21H15N3O2/c1-25-21-7-4-15(9-16(12-22)13-23)10-18(21)14-26-19-6-5-17-3-2-8-24-20(17)11-19/h2-11H,14H2,1H3. The van der Waals surface area contributed by atoms with Crippen molar-refractivity contribution >= 4 is 17.0 Å². The van der Waals surface area contributed by atoms with E-state index in [1.165, 1.54) is 6.08 Å². The minimum atomic E-state index is 0.0441. The number of aromatic nitrogens is 1.